The molecule has 13 nitrogen and oxygen atoms in total. The van der Waals surface area contributed by atoms with Crippen LogP contribution in [0.3, 0.4) is 0 Å². The second kappa shape index (κ2) is 11.2. The zero-order valence-corrected chi connectivity index (χ0v) is 27.2. The van der Waals surface area contributed by atoms with Crippen LogP contribution in [0.1, 0.15) is 59.4 Å². The Hall–Kier alpha value is -4.72. The van der Waals surface area contributed by atoms with Gasteiger partial charge in [0.2, 0.25) is 0 Å². The van der Waals surface area contributed by atoms with E-state index in [1.165, 1.54) is 4.90 Å². The molecule has 0 aliphatic carbocycles. The second-order valence-corrected chi connectivity index (χ2v) is 13.3. The van der Waals surface area contributed by atoms with Crippen molar-refractivity contribution in [3.8, 4) is 17.3 Å². The summed E-state index contributed by atoms with van der Waals surface area (Å²) in [4.78, 5) is 33.2. The number of benzene rings is 1. The summed E-state index contributed by atoms with van der Waals surface area (Å²) in [5.74, 6) is -0.175. The number of pyridine rings is 1. The fraction of sp³-hybridized carbons (Fsp3) is 0.485. The normalized spacial score (nSPS) is 17.7. The second-order valence-electron chi connectivity index (χ2n) is 13.3. The Labute approximate surface area is 271 Å². The summed E-state index contributed by atoms with van der Waals surface area (Å²) < 4.78 is 25.2. The van der Waals surface area contributed by atoms with E-state index in [1.807, 2.05) is 30.7 Å². The maximum absolute atomic E-state index is 16.9. The predicted molar refractivity (Wildman–Crippen MR) is 174 cm³/mol. The van der Waals surface area contributed by atoms with Crippen LogP contribution in [0.4, 0.5) is 10.2 Å². The highest BCUT2D eigenvalue weighted by Crippen LogP contribution is 2.40. The molecule has 2 fully saturated rings. The molecule has 1 aromatic carbocycles. The van der Waals surface area contributed by atoms with Crippen LogP contribution in [0, 0.1) is 19.7 Å². The van der Waals surface area contributed by atoms with E-state index in [0.717, 1.165) is 62.0 Å². The molecule has 3 aliphatic heterocycles. The van der Waals surface area contributed by atoms with Crippen LogP contribution >= 0.6 is 0 Å². The monoisotopic (exact) mass is 639 g/mol. The molecule has 1 amide bonds. The minimum Gasteiger partial charge on any atom is -0.461 e. The number of aromatic nitrogens is 8. The number of anilines is 1. The Morgan fingerprint density at radius 3 is 2.66 bits per heavy atom. The molecule has 0 spiro atoms. The third-order valence-corrected chi connectivity index (χ3v) is 10.2. The van der Waals surface area contributed by atoms with Gasteiger partial charge in [0.15, 0.2) is 11.5 Å². The molecule has 0 unspecified atom stereocenters. The largest absolute Gasteiger partial charge is 0.461 e. The maximum atomic E-state index is 16.9. The summed E-state index contributed by atoms with van der Waals surface area (Å²) in [6.45, 7) is 8.23. The van der Waals surface area contributed by atoms with Gasteiger partial charge in [0, 0.05) is 38.9 Å². The topological polar surface area (TPSA) is 134 Å². The summed E-state index contributed by atoms with van der Waals surface area (Å²) >= 11 is 0. The Morgan fingerprint density at radius 2 is 1.87 bits per heavy atom. The van der Waals surface area contributed by atoms with E-state index >= 15 is 4.39 Å². The van der Waals surface area contributed by atoms with Crippen molar-refractivity contribution in [2.24, 2.45) is 0 Å². The van der Waals surface area contributed by atoms with Gasteiger partial charge in [0.1, 0.15) is 29.2 Å². The number of rotatable bonds is 6. The molecule has 0 saturated carbocycles. The first kappa shape index (κ1) is 29.7. The zero-order chi connectivity index (χ0) is 32.4. The molecule has 0 bridgehead atoms. The summed E-state index contributed by atoms with van der Waals surface area (Å²) in [7, 11) is 3.43. The number of fused-ring (bicyclic) bond motifs is 4. The number of halogens is 1. The number of ether oxygens (including phenoxy) is 1. The first-order valence-electron chi connectivity index (χ1n) is 16.3. The van der Waals surface area contributed by atoms with E-state index in [-0.39, 0.29) is 28.7 Å². The highest BCUT2D eigenvalue weighted by molar-refractivity contribution is 5.97. The van der Waals surface area contributed by atoms with Gasteiger partial charge in [-0.25, -0.2) is 4.39 Å². The first-order valence-corrected chi connectivity index (χ1v) is 16.3. The molecular weight excluding hydrogens is 601 g/mol. The molecule has 0 atom stereocenters. The summed E-state index contributed by atoms with van der Waals surface area (Å²) in [6.07, 6.45) is 6.83. The number of amides is 1. The fourth-order valence-corrected chi connectivity index (χ4v) is 7.65. The zero-order valence-electron chi connectivity index (χ0n) is 27.2. The standard InChI is InChI=1S/C33H38FN11O2/c1-19-14-23-28(39-41-38-23)25(20(19)2)29-26(34)27-22(16-35-29)30(37-32(36-27)47-18-33-8-5-11-44(33)12-6-9-33)43-10-7-13-45-21(17-43)15-24(40-45)31(46)42(3)4/h14-16H,5-13,17-18H2,1-4H3,(H,38,39,41). The van der Waals surface area contributed by atoms with Gasteiger partial charge in [0.25, 0.3) is 5.91 Å². The average molecular weight is 640 g/mol. The Bertz CT molecular complexity index is 2030. The SMILES string of the molecule is Cc1cc2[nH]nnc2c(-c2ncc3c(N4CCCn5nc(C(=O)N(C)C)cc5C4)nc(OCC45CCCN4CCC5)nc3c2F)c1C. The van der Waals surface area contributed by atoms with Crippen molar-refractivity contribution in [1.29, 1.82) is 0 Å². The van der Waals surface area contributed by atoms with Crippen molar-refractivity contribution in [3.05, 3.63) is 46.7 Å². The molecule has 3 aliphatic rings. The Balaban J connectivity index is 1.25. The summed E-state index contributed by atoms with van der Waals surface area (Å²) in [5, 5.41) is 16.2. The molecule has 8 rings (SSSR count). The minimum atomic E-state index is -0.561. The highest BCUT2D eigenvalue weighted by Gasteiger charge is 2.45. The third kappa shape index (κ3) is 4.88. The molecule has 1 N–H and O–H groups in total. The first-order chi connectivity index (χ1) is 22.7. The minimum absolute atomic E-state index is 0.0256. The lowest BCUT2D eigenvalue weighted by Gasteiger charge is -2.31. The molecule has 244 valence electrons. The number of aryl methyl sites for hydroxylation is 2. The smallest absolute Gasteiger partial charge is 0.319 e. The Morgan fingerprint density at radius 1 is 1.06 bits per heavy atom. The molecule has 7 heterocycles. The lowest BCUT2D eigenvalue weighted by molar-refractivity contribution is 0.0821. The number of aromatic amines is 1. The van der Waals surface area contributed by atoms with Crippen LogP contribution in [0.2, 0.25) is 0 Å². The van der Waals surface area contributed by atoms with Crippen LogP contribution < -0.4 is 9.64 Å². The molecule has 4 aromatic heterocycles. The summed E-state index contributed by atoms with van der Waals surface area (Å²) in [6, 6.07) is 3.93. The number of hydrogen-bond donors (Lipinski definition) is 1. The van der Waals surface area contributed by atoms with Gasteiger partial charge in [0.05, 0.1) is 28.7 Å². The molecule has 2 saturated heterocycles. The van der Waals surface area contributed by atoms with Crippen molar-refractivity contribution in [2.45, 2.75) is 64.6 Å². The van der Waals surface area contributed by atoms with Crippen molar-refractivity contribution in [2.75, 3.05) is 45.2 Å². The van der Waals surface area contributed by atoms with Gasteiger partial charge in [-0.15, -0.1) is 5.10 Å². The molecular formula is C33H38FN11O2. The van der Waals surface area contributed by atoms with Gasteiger partial charge in [-0.3, -0.25) is 24.5 Å². The number of carbonyl (C=O) groups excluding carboxylic acids is 1. The molecule has 5 aromatic rings. The van der Waals surface area contributed by atoms with E-state index < -0.39 is 5.82 Å². The van der Waals surface area contributed by atoms with Gasteiger partial charge in [-0.05, 0) is 82.3 Å². The maximum Gasteiger partial charge on any atom is 0.319 e. The van der Waals surface area contributed by atoms with E-state index in [2.05, 4.69) is 35.3 Å². The van der Waals surface area contributed by atoms with E-state index in [1.54, 1.807) is 20.3 Å². The molecule has 47 heavy (non-hydrogen) atoms. The molecule has 14 heteroatoms. The fourth-order valence-electron chi connectivity index (χ4n) is 7.65. The Kier molecular flexibility index (Phi) is 7.08. The van der Waals surface area contributed by atoms with Crippen LogP contribution in [0.15, 0.2) is 18.3 Å². The van der Waals surface area contributed by atoms with Gasteiger partial charge >= 0.3 is 6.01 Å². The van der Waals surface area contributed by atoms with Crippen LogP contribution in [0.25, 0.3) is 33.2 Å². The number of carbonyl (C=O) groups is 1. The van der Waals surface area contributed by atoms with Crippen molar-refractivity contribution in [1.82, 2.24) is 49.9 Å². The molecule has 0 radical (unpaired) electrons. The van der Waals surface area contributed by atoms with Gasteiger partial charge < -0.3 is 14.5 Å². The van der Waals surface area contributed by atoms with Crippen molar-refractivity contribution >= 4 is 33.7 Å². The van der Waals surface area contributed by atoms with Crippen LogP contribution in [-0.2, 0) is 13.1 Å². The van der Waals surface area contributed by atoms with Crippen LogP contribution in [-0.4, -0.2) is 102 Å². The third-order valence-electron chi connectivity index (χ3n) is 10.2. The number of nitrogens with one attached hydrogen (secondary N) is 1. The van der Waals surface area contributed by atoms with Gasteiger partial charge in [-0.1, -0.05) is 5.21 Å². The highest BCUT2D eigenvalue weighted by atomic mass is 19.1. The van der Waals surface area contributed by atoms with E-state index in [0.29, 0.717) is 59.7 Å². The van der Waals surface area contributed by atoms with Crippen LogP contribution in [0.5, 0.6) is 6.01 Å². The number of nitrogens with zero attached hydrogens (tertiary/aromatic N) is 10. The number of H-pyrrole nitrogens is 1. The number of hydrogen-bond acceptors (Lipinski definition) is 10. The van der Waals surface area contributed by atoms with Crippen molar-refractivity contribution in [3.63, 3.8) is 0 Å². The van der Waals surface area contributed by atoms with Gasteiger partial charge in [-0.2, -0.15) is 15.1 Å². The lowest BCUT2D eigenvalue weighted by atomic mass is 9.95. The lowest BCUT2D eigenvalue weighted by Crippen LogP contribution is -2.43. The van der Waals surface area contributed by atoms with E-state index in [9.17, 15) is 4.79 Å². The predicted octanol–water partition coefficient (Wildman–Crippen LogP) is 4.03. The van der Waals surface area contributed by atoms with Crippen molar-refractivity contribution < 1.29 is 13.9 Å². The van der Waals surface area contributed by atoms with E-state index in [4.69, 9.17) is 14.7 Å². The summed E-state index contributed by atoms with van der Waals surface area (Å²) in [5.41, 5.74) is 5.23. The quantitative estimate of drug-likeness (QED) is 0.290. The average Bonchev–Trinajstić information content (AvgIpc) is 3.83.